The molecular formula is C10H12Cl2O2S2. The van der Waals surface area contributed by atoms with Crippen LogP contribution in [0.2, 0.25) is 8.67 Å². The number of rotatable bonds is 5. The summed E-state index contributed by atoms with van der Waals surface area (Å²) in [6, 6.07) is 1.59. The molecule has 6 heteroatoms. The largest absolute Gasteiger partial charge is 0.392 e. The molecule has 1 N–H and O–H groups in total. The molecule has 1 rings (SSSR count). The molecule has 0 aliphatic heterocycles. The van der Waals surface area contributed by atoms with Crippen LogP contribution in [0.25, 0.3) is 0 Å². The lowest BCUT2D eigenvalue weighted by Gasteiger charge is -2.12. The van der Waals surface area contributed by atoms with Gasteiger partial charge in [-0.1, -0.05) is 30.1 Å². The fourth-order valence-corrected chi connectivity index (χ4v) is 3.30. The molecule has 0 radical (unpaired) electrons. The normalized spacial score (nSPS) is 14.8. The van der Waals surface area contributed by atoms with Crippen LogP contribution in [0.3, 0.4) is 0 Å². The smallest absolute Gasteiger partial charge is 0.175 e. The van der Waals surface area contributed by atoms with Crippen LogP contribution in [0.5, 0.6) is 0 Å². The summed E-state index contributed by atoms with van der Waals surface area (Å²) < 4.78 is 0.947. The molecule has 1 aromatic rings. The summed E-state index contributed by atoms with van der Waals surface area (Å²) in [5, 5.41) is 9.31. The van der Waals surface area contributed by atoms with Crippen LogP contribution < -0.4 is 0 Å². The van der Waals surface area contributed by atoms with Gasteiger partial charge in [-0.25, -0.2) is 0 Å². The second-order valence-corrected chi connectivity index (χ2v) is 7.07. The third-order valence-electron chi connectivity index (χ3n) is 2.11. The third kappa shape index (κ3) is 3.93. The van der Waals surface area contributed by atoms with Gasteiger partial charge < -0.3 is 5.11 Å². The number of ketones is 1. The summed E-state index contributed by atoms with van der Waals surface area (Å²) in [6.07, 6.45) is -0.431. The van der Waals surface area contributed by atoms with E-state index in [-0.39, 0.29) is 11.0 Å². The Labute approximate surface area is 113 Å². The van der Waals surface area contributed by atoms with Crippen molar-refractivity contribution >= 4 is 52.1 Å². The highest BCUT2D eigenvalue weighted by molar-refractivity contribution is 8.00. The molecule has 90 valence electrons. The quantitative estimate of drug-likeness (QED) is 0.842. The predicted octanol–water partition coefficient (Wildman–Crippen LogP) is 3.74. The van der Waals surface area contributed by atoms with Crippen molar-refractivity contribution in [1.82, 2.24) is 0 Å². The van der Waals surface area contributed by atoms with Crippen LogP contribution in [0, 0.1) is 0 Å². The first-order valence-electron chi connectivity index (χ1n) is 4.69. The van der Waals surface area contributed by atoms with Crippen molar-refractivity contribution in [2.45, 2.75) is 25.2 Å². The molecule has 0 amide bonds. The fraction of sp³-hybridized carbons (Fsp3) is 0.500. The van der Waals surface area contributed by atoms with Gasteiger partial charge in [0.15, 0.2) is 5.78 Å². The fourth-order valence-electron chi connectivity index (χ4n) is 0.955. The Bertz CT molecular complexity index is 377. The maximum Gasteiger partial charge on any atom is 0.175 e. The minimum absolute atomic E-state index is 0.0248. The topological polar surface area (TPSA) is 37.3 Å². The molecular weight excluding hydrogens is 287 g/mol. The van der Waals surface area contributed by atoms with Gasteiger partial charge in [-0.15, -0.1) is 23.1 Å². The molecule has 0 fully saturated rings. The number of aliphatic hydroxyl groups is 1. The van der Waals surface area contributed by atoms with Crippen LogP contribution in [-0.4, -0.2) is 28.0 Å². The Morgan fingerprint density at radius 3 is 2.62 bits per heavy atom. The zero-order valence-corrected chi connectivity index (χ0v) is 12.0. The van der Waals surface area contributed by atoms with Crippen LogP contribution in [0.4, 0.5) is 0 Å². The molecule has 1 heterocycles. The number of aliphatic hydroxyl groups excluding tert-OH is 1. The van der Waals surface area contributed by atoms with Gasteiger partial charge in [0.1, 0.15) is 4.34 Å². The Hall–Kier alpha value is 0.260. The summed E-state index contributed by atoms with van der Waals surface area (Å²) >= 11 is 14.2. The Kier molecular flexibility index (Phi) is 5.61. The lowest BCUT2D eigenvalue weighted by molar-refractivity contribution is 0.102. The summed E-state index contributed by atoms with van der Waals surface area (Å²) in [5.74, 6) is 0.254. The summed E-state index contributed by atoms with van der Waals surface area (Å²) in [4.78, 5) is 11.8. The highest BCUT2D eigenvalue weighted by Crippen LogP contribution is 2.32. The number of hydrogen-bond donors (Lipinski definition) is 1. The molecule has 0 aliphatic carbocycles. The lowest BCUT2D eigenvalue weighted by Crippen LogP contribution is -2.17. The van der Waals surface area contributed by atoms with Crippen molar-refractivity contribution in [3.8, 4) is 0 Å². The molecule has 2 atom stereocenters. The van der Waals surface area contributed by atoms with Gasteiger partial charge >= 0.3 is 0 Å². The van der Waals surface area contributed by atoms with E-state index in [1.807, 2.05) is 6.92 Å². The first-order valence-corrected chi connectivity index (χ1v) is 7.31. The maximum absolute atomic E-state index is 11.8. The third-order valence-corrected chi connectivity index (χ3v) is 4.95. The van der Waals surface area contributed by atoms with E-state index in [9.17, 15) is 9.90 Å². The number of halogens is 2. The van der Waals surface area contributed by atoms with Gasteiger partial charge in [0.05, 0.1) is 16.2 Å². The van der Waals surface area contributed by atoms with Gasteiger partial charge in [-0.2, -0.15) is 0 Å². The van der Waals surface area contributed by atoms with Gasteiger partial charge in [0.25, 0.3) is 0 Å². The molecule has 2 nitrogen and oxygen atoms in total. The molecule has 0 aromatic carbocycles. The van der Waals surface area contributed by atoms with E-state index in [0.717, 1.165) is 0 Å². The number of hydrogen-bond acceptors (Lipinski definition) is 4. The van der Waals surface area contributed by atoms with Crippen molar-refractivity contribution < 1.29 is 9.90 Å². The van der Waals surface area contributed by atoms with Crippen molar-refractivity contribution in [3.05, 3.63) is 20.3 Å². The SMILES string of the molecule is CC(O)C(C)SCC(=O)c1cc(Cl)sc1Cl. The highest BCUT2D eigenvalue weighted by Gasteiger charge is 2.17. The van der Waals surface area contributed by atoms with Gasteiger partial charge in [-0.05, 0) is 13.0 Å². The minimum atomic E-state index is -0.431. The van der Waals surface area contributed by atoms with Gasteiger partial charge in [-0.3, -0.25) is 4.79 Å². The lowest BCUT2D eigenvalue weighted by atomic mass is 10.2. The van der Waals surface area contributed by atoms with E-state index in [1.54, 1.807) is 13.0 Å². The molecule has 2 unspecified atom stereocenters. The van der Waals surface area contributed by atoms with E-state index in [0.29, 0.717) is 20.0 Å². The molecule has 0 saturated heterocycles. The van der Waals surface area contributed by atoms with Crippen molar-refractivity contribution in [2.24, 2.45) is 0 Å². The Morgan fingerprint density at radius 2 is 2.19 bits per heavy atom. The summed E-state index contributed by atoms with van der Waals surface area (Å²) in [7, 11) is 0. The van der Waals surface area contributed by atoms with E-state index < -0.39 is 6.10 Å². The van der Waals surface area contributed by atoms with E-state index >= 15 is 0 Å². The molecule has 0 saturated carbocycles. The second kappa shape index (κ2) is 6.26. The van der Waals surface area contributed by atoms with Crippen LogP contribution >= 0.6 is 46.3 Å². The molecule has 0 spiro atoms. The van der Waals surface area contributed by atoms with E-state index in [1.165, 1.54) is 23.1 Å². The highest BCUT2D eigenvalue weighted by atomic mass is 35.5. The van der Waals surface area contributed by atoms with Crippen LogP contribution in [0.1, 0.15) is 24.2 Å². The number of carbonyl (C=O) groups is 1. The van der Waals surface area contributed by atoms with E-state index in [2.05, 4.69) is 0 Å². The van der Waals surface area contributed by atoms with E-state index in [4.69, 9.17) is 23.2 Å². The maximum atomic E-state index is 11.8. The Morgan fingerprint density at radius 1 is 1.56 bits per heavy atom. The van der Waals surface area contributed by atoms with Crippen molar-refractivity contribution in [1.29, 1.82) is 0 Å². The average molecular weight is 299 g/mol. The van der Waals surface area contributed by atoms with Crippen LogP contribution in [-0.2, 0) is 0 Å². The van der Waals surface area contributed by atoms with Gasteiger partial charge in [0.2, 0.25) is 0 Å². The standard InChI is InChI=1S/C10H12Cl2O2S2/c1-5(13)6(2)15-4-8(14)7-3-9(11)16-10(7)12/h3,5-6,13H,4H2,1-2H3. The first kappa shape index (κ1) is 14.3. The summed E-state index contributed by atoms with van der Waals surface area (Å²) in [5.41, 5.74) is 0.474. The Balaban J connectivity index is 2.56. The van der Waals surface area contributed by atoms with Gasteiger partial charge in [0, 0.05) is 10.8 Å². The molecule has 0 bridgehead atoms. The molecule has 16 heavy (non-hydrogen) atoms. The van der Waals surface area contributed by atoms with Crippen molar-refractivity contribution in [3.63, 3.8) is 0 Å². The zero-order chi connectivity index (χ0) is 12.3. The number of Topliss-reactive ketones (excluding diaryl/α,β-unsaturated/α-hetero) is 1. The summed E-state index contributed by atoms with van der Waals surface area (Å²) in [6.45, 7) is 3.58. The molecule has 1 aromatic heterocycles. The number of thioether (sulfide) groups is 1. The first-order chi connectivity index (χ1) is 7.41. The average Bonchev–Trinajstić information content (AvgIpc) is 2.53. The number of thiophene rings is 1. The predicted molar refractivity (Wildman–Crippen MR) is 72.3 cm³/mol. The minimum Gasteiger partial charge on any atom is -0.392 e. The van der Waals surface area contributed by atoms with Crippen molar-refractivity contribution in [2.75, 3.05) is 5.75 Å². The second-order valence-electron chi connectivity index (χ2n) is 3.42. The molecule has 0 aliphatic rings. The zero-order valence-electron chi connectivity index (χ0n) is 8.87. The monoisotopic (exact) mass is 298 g/mol. The van der Waals surface area contributed by atoms with Crippen LogP contribution in [0.15, 0.2) is 6.07 Å². The number of carbonyl (C=O) groups excluding carboxylic acids is 1.